The molecule has 1 aromatic heterocycles. The molecule has 1 N–H and O–H groups in total. The topological polar surface area (TPSA) is 38.1 Å². The molecule has 17 heavy (non-hydrogen) atoms. The molecular weight excluding hydrogens is 219 g/mol. The quantitative estimate of drug-likeness (QED) is 0.865. The highest BCUT2D eigenvalue weighted by molar-refractivity contribution is 5.55. The van der Waals surface area contributed by atoms with Crippen LogP contribution in [0.2, 0.25) is 0 Å². The monoisotopic (exact) mass is 232 g/mol. The molecule has 1 aliphatic rings. The third-order valence-corrected chi connectivity index (χ3v) is 3.01. The zero-order valence-corrected chi connectivity index (χ0v) is 9.32. The third-order valence-electron chi connectivity index (χ3n) is 3.01. The van der Waals surface area contributed by atoms with E-state index in [2.05, 4.69) is 10.3 Å². The maximum atomic E-state index is 12.8. The number of halogens is 1. The van der Waals surface area contributed by atoms with Crippen molar-refractivity contribution in [3.8, 4) is 11.3 Å². The van der Waals surface area contributed by atoms with Gasteiger partial charge in [-0.1, -0.05) is 0 Å². The van der Waals surface area contributed by atoms with Crippen molar-refractivity contribution in [3.63, 3.8) is 0 Å². The molecule has 0 saturated carbocycles. The first-order valence-electron chi connectivity index (χ1n) is 5.78. The molecule has 0 bridgehead atoms. The van der Waals surface area contributed by atoms with Gasteiger partial charge >= 0.3 is 0 Å². The summed E-state index contributed by atoms with van der Waals surface area (Å²) < 4.78 is 18.5. The number of hydrogen-bond donors (Lipinski definition) is 1. The fourth-order valence-electron chi connectivity index (χ4n) is 2.09. The van der Waals surface area contributed by atoms with Crippen molar-refractivity contribution in [2.24, 2.45) is 0 Å². The lowest BCUT2D eigenvalue weighted by Gasteiger charge is -2.03. The lowest BCUT2D eigenvalue weighted by Crippen LogP contribution is -2.12. The number of oxazole rings is 1. The first-order chi connectivity index (χ1) is 8.33. The van der Waals surface area contributed by atoms with Gasteiger partial charge in [-0.2, -0.15) is 0 Å². The van der Waals surface area contributed by atoms with E-state index < -0.39 is 0 Å². The predicted octanol–water partition coefficient (Wildman–Crippen LogP) is 2.91. The summed E-state index contributed by atoms with van der Waals surface area (Å²) in [7, 11) is 0. The summed E-state index contributed by atoms with van der Waals surface area (Å²) in [6, 6.07) is 6.46. The van der Waals surface area contributed by atoms with Crippen molar-refractivity contribution in [2.45, 2.75) is 18.9 Å². The first kappa shape index (κ1) is 10.5. The molecule has 2 aromatic rings. The van der Waals surface area contributed by atoms with Gasteiger partial charge in [0.25, 0.3) is 0 Å². The molecule has 88 valence electrons. The highest BCUT2D eigenvalue weighted by Crippen LogP contribution is 2.27. The lowest BCUT2D eigenvalue weighted by atomic mass is 10.2. The number of rotatable bonds is 2. The van der Waals surface area contributed by atoms with Crippen LogP contribution in [0.15, 0.2) is 34.9 Å². The normalized spacial score (nSPS) is 19.7. The lowest BCUT2D eigenvalue weighted by molar-refractivity contribution is 0.437. The van der Waals surface area contributed by atoms with Crippen LogP contribution in [0.5, 0.6) is 0 Å². The number of nitrogens with zero attached hydrogens (tertiary/aromatic N) is 1. The molecule has 1 atom stereocenters. The molecule has 0 spiro atoms. The Labute approximate surface area is 98.7 Å². The van der Waals surface area contributed by atoms with Gasteiger partial charge in [-0.15, -0.1) is 0 Å². The van der Waals surface area contributed by atoms with Crippen LogP contribution in [0.1, 0.15) is 24.8 Å². The maximum absolute atomic E-state index is 12.8. The average molecular weight is 232 g/mol. The van der Waals surface area contributed by atoms with Gasteiger partial charge in [0, 0.05) is 5.56 Å². The highest BCUT2D eigenvalue weighted by Gasteiger charge is 2.21. The Kier molecular flexibility index (Phi) is 2.65. The first-order valence-corrected chi connectivity index (χ1v) is 5.78. The van der Waals surface area contributed by atoms with Crippen LogP contribution in [0.25, 0.3) is 11.3 Å². The van der Waals surface area contributed by atoms with Crippen molar-refractivity contribution in [2.75, 3.05) is 6.54 Å². The molecule has 3 rings (SSSR count). The van der Waals surface area contributed by atoms with E-state index in [1.54, 1.807) is 18.3 Å². The van der Waals surface area contributed by atoms with Gasteiger partial charge in [0.1, 0.15) is 5.82 Å². The van der Waals surface area contributed by atoms with Crippen LogP contribution in [0, 0.1) is 5.82 Å². The molecule has 0 aliphatic carbocycles. The molecule has 0 unspecified atom stereocenters. The zero-order valence-electron chi connectivity index (χ0n) is 9.32. The summed E-state index contributed by atoms with van der Waals surface area (Å²) >= 11 is 0. The largest absolute Gasteiger partial charge is 0.439 e. The van der Waals surface area contributed by atoms with Crippen LogP contribution < -0.4 is 5.32 Å². The fourth-order valence-corrected chi connectivity index (χ4v) is 2.09. The SMILES string of the molecule is Fc1ccc(-c2cnc([C@@H]3CCCN3)o2)cc1. The maximum Gasteiger partial charge on any atom is 0.212 e. The van der Waals surface area contributed by atoms with Crippen LogP contribution in [-0.2, 0) is 0 Å². The van der Waals surface area contributed by atoms with E-state index >= 15 is 0 Å². The van der Waals surface area contributed by atoms with Gasteiger partial charge < -0.3 is 9.73 Å². The van der Waals surface area contributed by atoms with Gasteiger partial charge in [0.2, 0.25) is 5.89 Å². The van der Waals surface area contributed by atoms with Crippen LogP contribution in [-0.4, -0.2) is 11.5 Å². The molecule has 0 amide bonds. The summed E-state index contributed by atoms with van der Waals surface area (Å²) in [4.78, 5) is 4.27. The Morgan fingerprint density at radius 3 is 2.82 bits per heavy atom. The number of nitrogens with one attached hydrogen (secondary N) is 1. The van der Waals surface area contributed by atoms with Crippen LogP contribution >= 0.6 is 0 Å². The summed E-state index contributed by atoms with van der Waals surface area (Å²) in [5, 5.41) is 3.33. The minimum atomic E-state index is -0.244. The second-order valence-corrected chi connectivity index (χ2v) is 4.22. The molecule has 2 heterocycles. The van der Waals surface area contributed by atoms with Gasteiger partial charge in [0.05, 0.1) is 12.2 Å². The molecule has 1 fully saturated rings. The minimum Gasteiger partial charge on any atom is -0.439 e. The Balaban J connectivity index is 1.86. The van der Waals surface area contributed by atoms with E-state index in [9.17, 15) is 4.39 Å². The van der Waals surface area contributed by atoms with Crippen molar-refractivity contribution < 1.29 is 8.81 Å². The Morgan fingerprint density at radius 2 is 2.12 bits per heavy atom. The Hall–Kier alpha value is -1.68. The second-order valence-electron chi connectivity index (χ2n) is 4.22. The van der Waals surface area contributed by atoms with Gasteiger partial charge in [-0.25, -0.2) is 9.37 Å². The fraction of sp³-hybridized carbons (Fsp3) is 0.308. The van der Waals surface area contributed by atoms with Gasteiger partial charge in [0.15, 0.2) is 5.76 Å². The van der Waals surface area contributed by atoms with Crippen molar-refractivity contribution in [1.82, 2.24) is 10.3 Å². The smallest absolute Gasteiger partial charge is 0.212 e. The second kappa shape index (κ2) is 4.30. The number of benzene rings is 1. The van der Waals surface area contributed by atoms with E-state index in [4.69, 9.17) is 4.42 Å². The average Bonchev–Trinajstić information content (AvgIpc) is 3.00. The van der Waals surface area contributed by atoms with Gasteiger partial charge in [-0.05, 0) is 43.7 Å². The van der Waals surface area contributed by atoms with Crippen LogP contribution in [0.3, 0.4) is 0 Å². The zero-order chi connectivity index (χ0) is 11.7. The van der Waals surface area contributed by atoms with E-state index in [0.29, 0.717) is 5.76 Å². The molecule has 0 radical (unpaired) electrons. The molecule has 1 aromatic carbocycles. The minimum absolute atomic E-state index is 0.226. The summed E-state index contributed by atoms with van der Waals surface area (Å²) in [5.41, 5.74) is 0.850. The molecule has 3 nitrogen and oxygen atoms in total. The number of aromatic nitrogens is 1. The standard InChI is InChI=1S/C13H13FN2O/c14-10-5-3-9(4-6-10)12-8-16-13(17-12)11-2-1-7-15-11/h3-6,8,11,15H,1-2,7H2/t11-/m0/s1. The Bertz CT molecular complexity index is 500. The summed E-state index contributed by atoms with van der Waals surface area (Å²) in [5.74, 6) is 1.17. The van der Waals surface area contributed by atoms with E-state index in [1.165, 1.54) is 12.1 Å². The van der Waals surface area contributed by atoms with E-state index in [-0.39, 0.29) is 11.9 Å². The molecular formula is C13H13FN2O. The number of hydrogen-bond acceptors (Lipinski definition) is 3. The van der Waals surface area contributed by atoms with Crippen molar-refractivity contribution in [3.05, 3.63) is 42.2 Å². The summed E-state index contributed by atoms with van der Waals surface area (Å²) in [6.45, 7) is 1.01. The van der Waals surface area contributed by atoms with Crippen molar-refractivity contribution >= 4 is 0 Å². The predicted molar refractivity (Wildman–Crippen MR) is 61.9 cm³/mol. The van der Waals surface area contributed by atoms with E-state index in [1.807, 2.05) is 0 Å². The summed E-state index contributed by atoms with van der Waals surface area (Å²) in [6.07, 6.45) is 3.91. The Morgan fingerprint density at radius 1 is 1.29 bits per heavy atom. The van der Waals surface area contributed by atoms with Crippen LogP contribution in [0.4, 0.5) is 4.39 Å². The molecule has 4 heteroatoms. The third kappa shape index (κ3) is 2.08. The molecule has 1 saturated heterocycles. The molecule has 1 aliphatic heterocycles. The van der Waals surface area contributed by atoms with Crippen molar-refractivity contribution in [1.29, 1.82) is 0 Å². The van der Waals surface area contributed by atoms with E-state index in [0.717, 1.165) is 30.8 Å². The highest BCUT2D eigenvalue weighted by atomic mass is 19.1. The van der Waals surface area contributed by atoms with Gasteiger partial charge in [-0.3, -0.25) is 0 Å².